The first-order chi connectivity index (χ1) is 17.2. The zero-order valence-corrected chi connectivity index (χ0v) is 22.5. The summed E-state index contributed by atoms with van der Waals surface area (Å²) in [5, 5.41) is 11.6. The quantitative estimate of drug-likeness (QED) is 0.527. The first kappa shape index (κ1) is 26.7. The van der Waals surface area contributed by atoms with E-state index in [0.717, 1.165) is 6.42 Å². The number of halogens is 1. The average Bonchev–Trinajstić information content (AvgIpc) is 3.23. The minimum atomic E-state index is -2.01. The third-order valence-corrected chi connectivity index (χ3v) is 10.1. The Labute approximate surface area is 217 Å². The molecule has 1 heterocycles. The molecule has 0 aromatic rings. The summed E-state index contributed by atoms with van der Waals surface area (Å²) in [7, 11) is 0. The number of Topliss-reactive ketones (excluding diaryl/α,β-unsaturated/α-hetero) is 1. The summed E-state index contributed by atoms with van der Waals surface area (Å²) in [6, 6.07) is 0. The number of hydrogen-bond donors (Lipinski definition) is 1. The van der Waals surface area contributed by atoms with E-state index in [4.69, 9.17) is 14.2 Å². The maximum absolute atomic E-state index is 17.4. The summed E-state index contributed by atoms with van der Waals surface area (Å²) in [6.45, 7) is 8.68. The molecule has 0 aromatic carbocycles. The molecule has 0 spiro atoms. The summed E-state index contributed by atoms with van der Waals surface area (Å²) in [5.74, 6) is -2.95. The van der Waals surface area contributed by atoms with Crippen LogP contribution in [0.15, 0.2) is 23.8 Å². The molecular formula is C29H39FO7. The number of hydrogen-bond acceptors (Lipinski definition) is 7. The van der Waals surface area contributed by atoms with Gasteiger partial charge in [0.2, 0.25) is 5.78 Å². The van der Waals surface area contributed by atoms with Crippen molar-refractivity contribution >= 4 is 17.5 Å². The van der Waals surface area contributed by atoms with Gasteiger partial charge in [0.15, 0.2) is 29.4 Å². The Morgan fingerprint density at radius 1 is 1.22 bits per heavy atom. The van der Waals surface area contributed by atoms with E-state index < -0.39 is 64.4 Å². The van der Waals surface area contributed by atoms with E-state index in [1.807, 2.05) is 13.8 Å². The molecule has 0 bridgehead atoms. The van der Waals surface area contributed by atoms with E-state index >= 15 is 4.39 Å². The fraction of sp³-hybridized carbons (Fsp3) is 0.759. The molecule has 0 unspecified atom stereocenters. The van der Waals surface area contributed by atoms with Gasteiger partial charge >= 0.3 is 5.97 Å². The van der Waals surface area contributed by atoms with Crippen LogP contribution in [0.2, 0.25) is 0 Å². The Bertz CT molecular complexity index is 1080. The lowest BCUT2D eigenvalue weighted by atomic mass is 9.44. The third-order valence-electron chi connectivity index (χ3n) is 10.1. The maximum Gasteiger partial charge on any atom is 0.306 e. The van der Waals surface area contributed by atoms with Gasteiger partial charge in [0.1, 0.15) is 0 Å². The maximum atomic E-state index is 17.4. The van der Waals surface area contributed by atoms with E-state index in [9.17, 15) is 19.5 Å². The second-order valence-corrected chi connectivity index (χ2v) is 12.5. The van der Waals surface area contributed by atoms with Crippen molar-refractivity contribution in [2.45, 2.75) is 109 Å². The molecule has 4 aliphatic carbocycles. The lowest BCUT2D eigenvalue weighted by molar-refractivity contribution is -0.246. The third kappa shape index (κ3) is 3.51. The zero-order valence-electron chi connectivity index (χ0n) is 22.5. The second kappa shape index (κ2) is 8.55. The Kier molecular flexibility index (Phi) is 6.17. The Morgan fingerprint density at radius 3 is 2.65 bits per heavy atom. The first-order valence-electron chi connectivity index (χ1n) is 13.6. The molecule has 204 valence electrons. The van der Waals surface area contributed by atoms with Gasteiger partial charge in [0, 0.05) is 23.2 Å². The van der Waals surface area contributed by atoms with Crippen LogP contribution >= 0.6 is 0 Å². The van der Waals surface area contributed by atoms with Crippen molar-refractivity contribution in [2.24, 2.45) is 22.7 Å². The molecule has 8 atom stereocenters. The minimum absolute atomic E-state index is 0.0131. The van der Waals surface area contributed by atoms with Gasteiger partial charge in [0.05, 0.1) is 12.2 Å². The number of carbonyl (C=O) groups excluding carboxylic acids is 3. The minimum Gasteiger partial charge on any atom is -0.458 e. The lowest BCUT2D eigenvalue weighted by Crippen LogP contribution is -2.70. The van der Waals surface area contributed by atoms with E-state index in [1.165, 1.54) is 12.2 Å². The van der Waals surface area contributed by atoms with Gasteiger partial charge in [-0.15, -0.1) is 0 Å². The molecule has 7 nitrogen and oxygen atoms in total. The number of rotatable bonds is 6. The van der Waals surface area contributed by atoms with Gasteiger partial charge in [-0.3, -0.25) is 14.4 Å². The van der Waals surface area contributed by atoms with Crippen LogP contribution in [0, 0.1) is 22.7 Å². The van der Waals surface area contributed by atoms with E-state index in [-0.39, 0.29) is 24.5 Å². The predicted molar refractivity (Wildman–Crippen MR) is 132 cm³/mol. The fourth-order valence-corrected chi connectivity index (χ4v) is 8.46. The van der Waals surface area contributed by atoms with E-state index in [0.29, 0.717) is 31.3 Å². The van der Waals surface area contributed by atoms with Crippen LogP contribution in [-0.4, -0.2) is 58.5 Å². The van der Waals surface area contributed by atoms with Crippen molar-refractivity contribution in [1.29, 1.82) is 0 Å². The van der Waals surface area contributed by atoms with Gasteiger partial charge in [-0.25, -0.2) is 4.39 Å². The van der Waals surface area contributed by atoms with Crippen LogP contribution in [0.4, 0.5) is 4.39 Å². The molecule has 0 radical (unpaired) electrons. The van der Waals surface area contributed by atoms with Gasteiger partial charge in [-0.1, -0.05) is 31.9 Å². The lowest BCUT2D eigenvalue weighted by Gasteiger charge is -2.62. The molecule has 1 N–H and O–H groups in total. The highest BCUT2D eigenvalue weighted by Crippen LogP contribution is 2.72. The summed E-state index contributed by atoms with van der Waals surface area (Å²) in [4.78, 5) is 38.2. The van der Waals surface area contributed by atoms with E-state index in [1.54, 1.807) is 26.8 Å². The Hall–Kier alpha value is -1.90. The van der Waals surface area contributed by atoms with Crippen LogP contribution in [0.3, 0.4) is 0 Å². The molecule has 0 aromatic heterocycles. The van der Waals surface area contributed by atoms with Crippen LogP contribution in [-0.2, 0) is 28.6 Å². The highest BCUT2D eigenvalue weighted by Gasteiger charge is 2.80. The predicted octanol–water partition coefficient (Wildman–Crippen LogP) is 4.16. The molecule has 5 rings (SSSR count). The molecular weight excluding hydrogens is 479 g/mol. The molecule has 4 fully saturated rings. The molecule has 3 saturated carbocycles. The SMILES string of the molecule is CCCCC(=O)OCC(=O)[C@@]12OC(C)(C)O[C@@H]1C[C@H]1[C@@H]3CCC4=CC(=O)C=C[C@]4(C)[C@@]3(F)[C@@H](O)C[C@@]12C. The molecule has 8 heteroatoms. The van der Waals surface area contributed by atoms with Crippen molar-refractivity contribution < 1.29 is 38.1 Å². The Balaban J connectivity index is 1.52. The molecule has 1 aliphatic heterocycles. The van der Waals surface area contributed by atoms with Gasteiger partial charge in [-0.2, -0.15) is 0 Å². The smallest absolute Gasteiger partial charge is 0.306 e. The van der Waals surface area contributed by atoms with Crippen molar-refractivity contribution in [3.63, 3.8) is 0 Å². The number of carbonyl (C=O) groups is 3. The normalized spacial score (nSPS) is 45.4. The van der Waals surface area contributed by atoms with E-state index in [2.05, 4.69) is 0 Å². The molecule has 1 saturated heterocycles. The largest absolute Gasteiger partial charge is 0.458 e. The first-order valence-corrected chi connectivity index (χ1v) is 13.6. The zero-order chi connectivity index (χ0) is 27.0. The van der Waals surface area contributed by atoms with Crippen LogP contribution < -0.4 is 0 Å². The number of unbranched alkanes of at least 4 members (excludes halogenated alkanes) is 1. The summed E-state index contributed by atoms with van der Waals surface area (Å²) >= 11 is 0. The fourth-order valence-electron chi connectivity index (χ4n) is 8.46. The summed E-state index contributed by atoms with van der Waals surface area (Å²) in [5.41, 5.74) is -4.83. The Morgan fingerprint density at radius 2 is 1.95 bits per heavy atom. The average molecular weight is 519 g/mol. The van der Waals surface area contributed by atoms with Crippen LogP contribution in [0.25, 0.3) is 0 Å². The number of aliphatic hydroxyl groups is 1. The van der Waals surface area contributed by atoms with Gasteiger partial charge in [-0.05, 0) is 70.9 Å². The molecule has 37 heavy (non-hydrogen) atoms. The number of fused-ring (bicyclic) bond motifs is 7. The number of esters is 1. The van der Waals surface area contributed by atoms with Gasteiger partial charge < -0.3 is 19.3 Å². The highest BCUT2D eigenvalue weighted by molar-refractivity contribution is 6.01. The molecule has 5 aliphatic rings. The molecule has 0 amide bonds. The van der Waals surface area contributed by atoms with Crippen molar-refractivity contribution in [3.05, 3.63) is 23.8 Å². The number of allylic oxidation sites excluding steroid dienone is 4. The topological polar surface area (TPSA) is 99.1 Å². The number of aliphatic hydroxyl groups excluding tert-OH is 1. The van der Waals surface area contributed by atoms with Crippen LogP contribution in [0.5, 0.6) is 0 Å². The standard InChI is InChI=1S/C29H39FO7/c1-6-7-8-24(34)35-16-22(33)29-23(36-25(2,3)37-29)14-20-19-10-9-17-13-18(31)11-12-26(17,4)28(19,30)21(32)15-27(20,29)5/h11-13,19-21,23,32H,6-10,14-16H2,1-5H3/t19-,20-,21-,23+,26-,27-,28-,29+/m0/s1. The number of ether oxygens (including phenoxy) is 3. The van der Waals surface area contributed by atoms with Crippen molar-refractivity contribution in [1.82, 2.24) is 0 Å². The highest BCUT2D eigenvalue weighted by atomic mass is 19.1. The second-order valence-electron chi connectivity index (χ2n) is 12.5. The summed E-state index contributed by atoms with van der Waals surface area (Å²) < 4.78 is 35.5. The number of ketones is 2. The monoisotopic (exact) mass is 518 g/mol. The van der Waals surface area contributed by atoms with Crippen LogP contribution in [0.1, 0.15) is 79.6 Å². The number of alkyl halides is 1. The van der Waals surface area contributed by atoms with Crippen molar-refractivity contribution in [2.75, 3.05) is 6.61 Å². The summed E-state index contributed by atoms with van der Waals surface area (Å²) in [6.07, 6.45) is 5.59. The van der Waals surface area contributed by atoms with Crippen molar-refractivity contribution in [3.8, 4) is 0 Å². The van der Waals surface area contributed by atoms with Gasteiger partial charge in [0.25, 0.3) is 0 Å².